The van der Waals surface area contributed by atoms with E-state index in [1.807, 2.05) is 0 Å². The van der Waals surface area contributed by atoms with Crippen LogP contribution in [0.5, 0.6) is 0 Å². The Hall–Kier alpha value is -6.78. The van der Waals surface area contributed by atoms with E-state index in [1.54, 1.807) is 0 Å². The van der Waals surface area contributed by atoms with E-state index in [9.17, 15) is 0 Å². The topological polar surface area (TPSA) is 9.72 Å². The van der Waals surface area contributed by atoms with Crippen LogP contribution in [0.3, 0.4) is 0 Å². The molecular formula is C61H56BN3. The molecule has 0 N–H and O–H groups in total. The Balaban J connectivity index is 1.17. The van der Waals surface area contributed by atoms with Crippen LogP contribution in [0.15, 0.2) is 188 Å². The quantitative estimate of drug-likeness (QED) is 0.160. The standard InChI is InChI=1S/C61H56BN3/c1-58(2,3)45-30-34-52-49(36-45)60(6)39-59(4,5)40-61(60,7)65(52)48-37-55-57-56(38-48)64(47-31-27-43(28-32-47)41-19-11-8-12-20-41)54-33-29-44(42-21-13-9-14-22-42)35-51(54)62(57)50-25-17-18-26-53(50)63(55)46-23-15-10-16-24-46/h8-38H,39-40H2,1-7H3. The van der Waals surface area contributed by atoms with Gasteiger partial charge in [0.25, 0.3) is 6.71 Å². The Morgan fingerprint density at radius 3 is 1.60 bits per heavy atom. The molecule has 0 bridgehead atoms. The lowest BCUT2D eigenvalue weighted by atomic mass is 9.33. The highest BCUT2D eigenvalue weighted by Gasteiger charge is 2.64. The van der Waals surface area contributed by atoms with Gasteiger partial charge < -0.3 is 14.7 Å². The fourth-order valence-corrected chi connectivity index (χ4v) is 12.8. The molecule has 0 amide bonds. The Morgan fingerprint density at radius 2 is 0.954 bits per heavy atom. The highest BCUT2D eigenvalue weighted by atomic mass is 15.3. The lowest BCUT2D eigenvalue weighted by Gasteiger charge is -2.47. The van der Waals surface area contributed by atoms with E-state index in [0.29, 0.717) is 0 Å². The average Bonchev–Trinajstić information content (AvgIpc) is 3.62. The summed E-state index contributed by atoms with van der Waals surface area (Å²) in [6.45, 7) is 17.2. The molecule has 2 atom stereocenters. The van der Waals surface area contributed by atoms with E-state index >= 15 is 0 Å². The van der Waals surface area contributed by atoms with Gasteiger partial charge in [-0.3, -0.25) is 0 Å². The Labute approximate surface area is 386 Å². The van der Waals surface area contributed by atoms with Gasteiger partial charge in [0.05, 0.1) is 5.54 Å². The molecule has 0 radical (unpaired) electrons. The van der Waals surface area contributed by atoms with Crippen LogP contribution in [0.1, 0.15) is 72.4 Å². The highest BCUT2D eigenvalue weighted by Crippen LogP contribution is 2.67. The van der Waals surface area contributed by atoms with Crippen LogP contribution in [-0.2, 0) is 10.8 Å². The van der Waals surface area contributed by atoms with Crippen molar-refractivity contribution in [2.75, 3.05) is 14.7 Å². The van der Waals surface area contributed by atoms with Crippen LogP contribution in [0.2, 0.25) is 0 Å². The van der Waals surface area contributed by atoms with Gasteiger partial charge >= 0.3 is 0 Å². The first kappa shape index (κ1) is 39.8. The van der Waals surface area contributed by atoms with Crippen molar-refractivity contribution in [2.45, 2.75) is 77.7 Å². The zero-order chi connectivity index (χ0) is 44.5. The van der Waals surface area contributed by atoms with E-state index in [0.717, 1.165) is 24.2 Å². The summed E-state index contributed by atoms with van der Waals surface area (Å²) in [6.07, 6.45) is 2.22. The molecule has 0 aromatic heterocycles. The normalized spacial score (nSPS) is 19.9. The Morgan fingerprint density at radius 1 is 0.431 bits per heavy atom. The second-order valence-corrected chi connectivity index (χ2v) is 21.4. The molecule has 1 saturated carbocycles. The minimum atomic E-state index is -0.167. The second kappa shape index (κ2) is 14.1. The molecule has 3 nitrogen and oxygen atoms in total. The van der Waals surface area contributed by atoms with Gasteiger partial charge in [0, 0.05) is 50.9 Å². The molecule has 1 fully saturated rings. The number of anilines is 8. The molecule has 12 rings (SSSR count). The fraction of sp³-hybridized carbons (Fsp3) is 0.213. The van der Waals surface area contributed by atoms with Crippen LogP contribution in [0.4, 0.5) is 45.5 Å². The van der Waals surface area contributed by atoms with E-state index in [-0.39, 0.29) is 28.5 Å². The molecule has 318 valence electrons. The van der Waals surface area contributed by atoms with Crippen molar-refractivity contribution in [3.05, 3.63) is 199 Å². The Kier molecular flexibility index (Phi) is 8.64. The van der Waals surface area contributed by atoms with Crippen LogP contribution >= 0.6 is 0 Å². The fourth-order valence-electron chi connectivity index (χ4n) is 12.8. The van der Waals surface area contributed by atoms with Crippen LogP contribution in [-0.4, -0.2) is 12.3 Å². The molecule has 65 heavy (non-hydrogen) atoms. The molecule has 1 aliphatic carbocycles. The van der Waals surface area contributed by atoms with Gasteiger partial charge in [-0.05, 0) is 135 Å². The summed E-state index contributed by atoms with van der Waals surface area (Å²) in [5, 5.41) is 0. The zero-order valence-corrected chi connectivity index (χ0v) is 38.7. The second-order valence-electron chi connectivity index (χ2n) is 21.4. The van der Waals surface area contributed by atoms with Crippen molar-refractivity contribution < 1.29 is 0 Å². The van der Waals surface area contributed by atoms with Gasteiger partial charge in [0.2, 0.25) is 0 Å². The maximum absolute atomic E-state index is 2.78. The summed E-state index contributed by atoms with van der Waals surface area (Å²) in [7, 11) is 0. The third-order valence-corrected chi connectivity index (χ3v) is 15.6. The number of benzene rings is 8. The SMILES string of the molecule is CC1(C)CC2(C)c3cc(C(C)(C)C)ccc3N(c3cc4c5c(c3)N(c3ccc(-c6ccccc6)cc3)c3ccc(-c6ccccc6)cc3B5c3ccccc3N4c3ccccc3)C2(C)C1. The Bertz CT molecular complexity index is 3150. The zero-order valence-electron chi connectivity index (χ0n) is 38.7. The first-order valence-electron chi connectivity index (χ1n) is 23.6. The van der Waals surface area contributed by atoms with Gasteiger partial charge in [-0.1, -0.05) is 175 Å². The average molecular weight is 842 g/mol. The lowest BCUT2D eigenvalue weighted by molar-refractivity contribution is 0.330. The maximum Gasteiger partial charge on any atom is 0.252 e. The first-order valence-corrected chi connectivity index (χ1v) is 23.6. The molecule has 2 unspecified atom stereocenters. The largest absolute Gasteiger partial charge is 0.334 e. The molecule has 3 heterocycles. The van der Waals surface area contributed by atoms with E-state index in [4.69, 9.17) is 0 Å². The summed E-state index contributed by atoms with van der Waals surface area (Å²) in [5.41, 5.74) is 21.5. The first-order chi connectivity index (χ1) is 31.3. The summed E-state index contributed by atoms with van der Waals surface area (Å²) >= 11 is 0. The highest BCUT2D eigenvalue weighted by molar-refractivity contribution is 7.00. The number of para-hydroxylation sites is 2. The summed E-state index contributed by atoms with van der Waals surface area (Å²) in [6, 6.07) is 70.8. The molecule has 8 aromatic carbocycles. The third kappa shape index (κ3) is 5.95. The number of rotatable bonds is 5. The van der Waals surface area contributed by atoms with Gasteiger partial charge in [-0.15, -0.1) is 0 Å². The predicted octanol–water partition coefficient (Wildman–Crippen LogP) is 14.4. The molecule has 4 aliphatic rings. The van der Waals surface area contributed by atoms with Crippen LogP contribution in [0.25, 0.3) is 22.3 Å². The summed E-state index contributed by atoms with van der Waals surface area (Å²) in [5.74, 6) is 0. The van der Waals surface area contributed by atoms with E-state index in [2.05, 4.69) is 251 Å². The summed E-state index contributed by atoms with van der Waals surface area (Å²) in [4.78, 5) is 7.91. The van der Waals surface area contributed by atoms with Crippen molar-refractivity contribution in [1.29, 1.82) is 0 Å². The smallest absolute Gasteiger partial charge is 0.252 e. The molecular weight excluding hydrogens is 786 g/mol. The molecule has 0 saturated heterocycles. The van der Waals surface area contributed by atoms with Gasteiger partial charge in [0.15, 0.2) is 0 Å². The van der Waals surface area contributed by atoms with Gasteiger partial charge in [0.1, 0.15) is 0 Å². The van der Waals surface area contributed by atoms with Crippen LogP contribution < -0.4 is 31.1 Å². The maximum atomic E-state index is 2.78. The number of hydrogen-bond donors (Lipinski definition) is 0. The van der Waals surface area contributed by atoms with Crippen molar-refractivity contribution in [1.82, 2.24) is 0 Å². The molecule has 4 heteroatoms. The number of hydrogen-bond acceptors (Lipinski definition) is 3. The van der Waals surface area contributed by atoms with E-state index < -0.39 is 0 Å². The third-order valence-electron chi connectivity index (χ3n) is 15.6. The lowest BCUT2D eigenvalue weighted by Crippen LogP contribution is -2.61. The van der Waals surface area contributed by atoms with Gasteiger partial charge in [-0.2, -0.15) is 0 Å². The minimum Gasteiger partial charge on any atom is -0.334 e. The molecule has 8 aromatic rings. The van der Waals surface area contributed by atoms with Crippen molar-refractivity contribution in [3.63, 3.8) is 0 Å². The molecule has 3 aliphatic heterocycles. The summed E-state index contributed by atoms with van der Waals surface area (Å²) < 4.78 is 0. The van der Waals surface area contributed by atoms with Crippen LogP contribution in [0, 0.1) is 5.41 Å². The van der Waals surface area contributed by atoms with Gasteiger partial charge in [-0.25, -0.2) is 0 Å². The van der Waals surface area contributed by atoms with Crippen molar-refractivity contribution in [3.8, 4) is 22.3 Å². The minimum absolute atomic E-state index is 0.00944. The predicted molar refractivity (Wildman–Crippen MR) is 277 cm³/mol. The van der Waals surface area contributed by atoms with Crippen molar-refractivity contribution >= 4 is 68.6 Å². The van der Waals surface area contributed by atoms with Crippen molar-refractivity contribution in [2.24, 2.45) is 5.41 Å². The number of fused-ring (bicyclic) bond motifs is 7. The monoisotopic (exact) mass is 841 g/mol. The van der Waals surface area contributed by atoms with E-state index in [1.165, 1.54) is 83.9 Å². The number of nitrogens with zero attached hydrogens (tertiary/aromatic N) is 3. The molecule has 0 spiro atoms.